The summed E-state index contributed by atoms with van der Waals surface area (Å²) >= 11 is 0. The molecule has 0 unspecified atom stereocenters. The molecule has 0 amide bonds. The van der Waals surface area contributed by atoms with Crippen LogP contribution in [0.15, 0.2) is 24.5 Å². The molecular formula is C11H11N3O. The van der Waals surface area contributed by atoms with E-state index < -0.39 is 0 Å². The molecule has 2 aromatic rings. The summed E-state index contributed by atoms with van der Waals surface area (Å²) < 4.78 is 7.25. The van der Waals surface area contributed by atoms with Gasteiger partial charge in [-0.1, -0.05) is 0 Å². The zero-order valence-corrected chi connectivity index (χ0v) is 8.47. The van der Waals surface area contributed by atoms with Crippen molar-refractivity contribution in [3.63, 3.8) is 0 Å². The van der Waals surface area contributed by atoms with Crippen LogP contribution in [0.4, 0.5) is 0 Å². The Bertz CT molecular complexity index is 504. The van der Waals surface area contributed by atoms with Gasteiger partial charge >= 0.3 is 0 Å². The van der Waals surface area contributed by atoms with Crippen LogP contribution in [-0.4, -0.2) is 21.9 Å². The molecule has 0 bridgehead atoms. The highest BCUT2D eigenvalue weighted by atomic mass is 16.5. The lowest BCUT2D eigenvalue weighted by Crippen LogP contribution is -2.11. The molecule has 0 N–H and O–H groups in total. The van der Waals surface area contributed by atoms with Gasteiger partial charge in [0.1, 0.15) is 17.9 Å². The van der Waals surface area contributed by atoms with Gasteiger partial charge in [0.15, 0.2) is 0 Å². The van der Waals surface area contributed by atoms with Crippen LogP contribution in [0.3, 0.4) is 0 Å². The van der Waals surface area contributed by atoms with Crippen molar-refractivity contribution >= 4 is 0 Å². The number of aromatic nitrogens is 3. The summed E-state index contributed by atoms with van der Waals surface area (Å²) in [6, 6.07) is 6.10. The highest BCUT2D eigenvalue weighted by molar-refractivity contribution is 5.48. The fraction of sp³-hybridized carbons (Fsp3) is 0.273. The molecule has 0 saturated heterocycles. The second kappa shape index (κ2) is 3.08. The molecule has 0 atom stereocenters. The Balaban J connectivity index is 2.18. The predicted octanol–water partition coefficient (Wildman–Crippen LogP) is 1.37. The van der Waals surface area contributed by atoms with Crippen molar-refractivity contribution in [3.05, 3.63) is 35.9 Å². The average Bonchev–Trinajstić information content (AvgIpc) is 2.76. The van der Waals surface area contributed by atoms with Crippen LogP contribution in [0.2, 0.25) is 0 Å². The van der Waals surface area contributed by atoms with Gasteiger partial charge in [-0.15, -0.1) is 10.2 Å². The van der Waals surface area contributed by atoms with Gasteiger partial charge in [-0.05, 0) is 30.2 Å². The Hall–Kier alpha value is -1.84. The van der Waals surface area contributed by atoms with Gasteiger partial charge in [0.25, 0.3) is 0 Å². The van der Waals surface area contributed by atoms with E-state index in [0.29, 0.717) is 0 Å². The monoisotopic (exact) mass is 201 g/mol. The molecule has 1 aliphatic heterocycles. The van der Waals surface area contributed by atoms with Gasteiger partial charge in [0.05, 0.1) is 12.8 Å². The molecule has 15 heavy (non-hydrogen) atoms. The number of ether oxygens (including phenoxy) is 1. The highest BCUT2D eigenvalue weighted by Gasteiger charge is 2.16. The van der Waals surface area contributed by atoms with Crippen molar-refractivity contribution in [2.45, 2.75) is 12.8 Å². The number of rotatable bonds is 1. The summed E-state index contributed by atoms with van der Waals surface area (Å²) in [5.74, 6) is 1.94. The minimum absolute atomic E-state index is 0.908. The number of hydrogen-bond donors (Lipinski definition) is 0. The lowest BCUT2D eigenvalue weighted by Gasteiger charge is -2.17. The topological polar surface area (TPSA) is 39.9 Å². The van der Waals surface area contributed by atoms with Crippen molar-refractivity contribution in [2.75, 3.05) is 7.11 Å². The summed E-state index contributed by atoms with van der Waals surface area (Å²) in [5, 5.41) is 8.01. The first kappa shape index (κ1) is 8.47. The fourth-order valence-electron chi connectivity index (χ4n) is 2.00. The molecule has 0 radical (unpaired) electrons. The highest BCUT2D eigenvalue weighted by Crippen LogP contribution is 2.26. The molecule has 0 spiro atoms. The Labute approximate surface area is 87.5 Å². The van der Waals surface area contributed by atoms with Crippen molar-refractivity contribution < 1.29 is 4.74 Å². The van der Waals surface area contributed by atoms with E-state index in [9.17, 15) is 0 Å². The summed E-state index contributed by atoms with van der Waals surface area (Å²) in [5.41, 5.74) is 2.46. The van der Waals surface area contributed by atoms with Gasteiger partial charge in [0.2, 0.25) is 0 Å². The molecular weight excluding hydrogens is 190 g/mol. The number of benzene rings is 1. The molecule has 0 aliphatic carbocycles. The minimum Gasteiger partial charge on any atom is -0.497 e. The number of fused-ring (bicyclic) bond motifs is 3. The van der Waals surface area contributed by atoms with Crippen molar-refractivity contribution in [1.29, 1.82) is 0 Å². The Morgan fingerprint density at radius 3 is 3.13 bits per heavy atom. The van der Waals surface area contributed by atoms with Crippen LogP contribution in [0.1, 0.15) is 11.4 Å². The first-order valence-electron chi connectivity index (χ1n) is 4.94. The number of methoxy groups -OCH3 is 1. The third-order valence-corrected chi connectivity index (χ3v) is 2.78. The summed E-state index contributed by atoms with van der Waals surface area (Å²) in [6.07, 6.45) is 3.71. The maximum Gasteiger partial charge on any atom is 0.137 e. The van der Waals surface area contributed by atoms with Crippen molar-refractivity contribution in [3.8, 4) is 11.4 Å². The van der Waals surface area contributed by atoms with E-state index in [1.54, 1.807) is 13.4 Å². The number of nitrogens with zero attached hydrogens (tertiary/aromatic N) is 3. The van der Waals surface area contributed by atoms with Crippen LogP contribution >= 0.6 is 0 Å². The van der Waals surface area contributed by atoms with E-state index >= 15 is 0 Å². The van der Waals surface area contributed by atoms with Gasteiger partial charge in [0, 0.05) is 6.42 Å². The van der Waals surface area contributed by atoms with E-state index in [-0.39, 0.29) is 0 Å². The minimum atomic E-state index is 0.908. The smallest absolute Gasteiger partial charge is 0.137 e. The molecule has 1 aromatic heterocycles. The SMILES string of the molecule is COc1ccc2c(c1)CCc1nncn1-2. The zero-order chi connectivity index (χ0) is 10.3. The summed E-state index contributed by atoms with van der Waals surface area (Å²) in [7, 11) is 1.69. The maximum absolute atomic E-state index is 5.21. The first-order valence-corrected chi connectivity index (χ1v) is 4.94. The van der Waals surface area contributed by atoms with Crippen LogP contribution in [0.5, 0.6) is 5.75 Å². The van der Waals surface area contributed by atoms with E-state index in [1.165, 1.54) is 11.3 Å². The molecule has 0 fully saturated rings. The molecule has 4 heteroatoms. The number of aryl methyl sites for hydroxylation is 2. The average molecular weight is 201 g/mol. The van der Waals surface area contributed by atoms with E-state index in [2.05, 4.69) is 22.3 Å². The van der Waals surface area contributed by atoms with E-state index in [1.807, 2.05) is 10.6 Å². The second-order valence-electron chi connectivity index (χ2n) is 3.61. The summed E-state index contributed by atoms with van der Waals surface area (Å²) in [6.45, 7) is 0. The van der Waals surface area contributed by atoms with Crippen LogP contribution in [-0.2, 0) is 12.8 Å². The normalized spacial score (nSPS) is 13.1. The van der Waals surface area contributed by atoms with Crippen molar-refractivity contribution in [1.82, 2.24) is 14.8 Å². The maximum atomic E-state index is 5.21. The van der Waals surface area contributed by atoms with Crippen LogP contribution < -0.4 is 4.74 Å². The molecule has 76 valence electrons. The van der Waals surface area contributed by atoms with Gasteiger partial charge in [-0.25, -0.2) is 0 Å². The third kappa shape index (κ3) is 1.21. The Morgan fingerprint density at radius 1 is 1.33 bits per heavy atom. The lowest BCUT2D eigenvalue weighted by molar-refractivity contribution is 0.414. The van der Waals surface area contributed by atoms with Crippen LogP contribution in [0, 0.1) is 0 Å². The van der Waals surface area contributed by atoms with Gasteiger partial charge < -0.3 is 4.74 Å². The number of hydrogen-bond acceptors (Lipinski definition) is 3. The largest absolute Gasteiger partial charge is 0.497 e. The zero-order valence-electron chi connectivity index (χ0n) is 8.47. The molecule has 4 nitrogen and oxygen atoms in total. The third-order valence-electron chi connectivity index (χ3n) is 2.78. The molecule has 2 heterocycles. The molecule has 3 rings (SSSR count). The fourth-order valence-corrected chi connectivity index (χ4v) is 2.00. The predicted molar refractivity (Wildman–Crippen MR) is 55.3 cm³/mol. The van der Waals surface area contributed by atoms with E-state index in [0.717, 1.165) is 24.4 Å². The Morgan fingerprint density at radius 2 is 2.27 bits per heavy atom. The van der Waals surface area contributed by atoms with Gasteiger partial charge in [-0.3, -0.25) is 4.57 Å². The summed E-state index contributed by atoms with van der Waals surface area (Å²) in [4.78, 5) is 0. The molecule has 1 aliphatic rings. The first-order chi connectivity index (χ1) is 7.38. The molecule has 1 aromatic carbocycles. The van der Waals surface area contributed by atoms with Crippen molar-refractivity contribution in [2.24, 2.45) is 0 Å². The Kier molecular flexibility index (Phi) is 1.74. The standard InChI is InChI=1S/C11H11N3O/c1-15-9-3-4-10-8(6-9)2-5-11-13-12-7-14(10)11/h3-4,6-7H,2,5H2,1H3. The van der Waals surface area contributed by atoms with Crippen LogP contribution in [0.25, 0.3) is 5.69 Å². The second-order valence-corrected chi connectivity index (χ2v) is 3.61. The lowest BCUT2D eigenvalue weighted by atomic mass is 10.0. The van der Waals surface area contributed by atoms with E-state index in [4.69, 9.17) is 4.74 Å². The molecule has 0 saturated carbocycles. The quantitative estimate of drug-likeness (QED) is 0.699. The van der Waals surface area contributed by atoms with Gasteiger partial charge in [-0.2, -0.15) is 0 Å².